The Kier molecular flexibility index (Phi) is 4.94. The molecule has 1 N–H and O–H groups in total. The van der Waals surface area contributed by atoms with Crippen LogP contribution in [0.4, 0.5) is 0 Å². The molecule has 3 nitrogen and oxygen atoms in total. The van der Waals surface area contributed by atoms with Crippen LogP contribution in [0.15, 0.2) is 0 Å². The highest BCUT2D eigenvalue weighted by Crippen LogP contribution is 2.09. The third kappa shape index (κ3) is 4.09. The van der Waals surface area contributed by atoms with E-state index in [0.717, 1.165) is 25.8 Å². The maximum absolute atomic E-state index is 11.5. The van der Waals surface area contributed by atoms with E-state index in [4.69, 9.17) is 4.74 Å². The van der Waals surface area contributed by atoms with Crippen molar-refractivity contribution in [3.05, 3.63) is 0 Å². The van der Waals surface area contributed by atoms with Gasteiger partial charge in [0.05, 0.1) is 6.61 Å². The highest BCUT2D eigenvalue weighted by molar-refractivity contribution is 5.75. The van der Waals surface area contributed by atoms with Gasteiger partial charge in [0.25, 0.3) is 0 Å². The predicted octanol–water partition coefficient (Wildman–Crippen LogP) is 1.72. The molecule has 0 unspecified atom stereocenters. The van der Waals surface area contributed by atoms with E-state index in [9.17, 15) is 4.79 Å². The molecule has 0 bridgehead atoms. The first-order valence-corrected chi connectivity index (χ1v) is 5.60. The van der Waals surface area contributed by atoms with Gasteiger partial charge in [-0.1, -0.05) is 20.3 Å². The molecule has 1 heterocycles. The van der Waals surface area contributed by atoms with Crippen molar-refractivity contribution >= 4 is 5.97 Å². The van der Waals surface area contributed by atoms with Crippen molar-refractivity contribution in [3.8, 4) is 0 Å². The van der Waals surface area contributed by atoms with Gasteiger partial charge in [-0.15, -0.1) is 0 Å². The van der Waals surface area contributed by atoms with Crippen LogP contribution in [0.25, 0.3) is 0 Å². The van der Waals surface area contributed by atoms with Crippen LogP contribution in [0.5, 0.6) is 0 Å². The summed E-state index contributed by atoms with van der Waals surface area (Å²) in [4.78, 5) is 11.5. The topological polar surface area (TPSA) is 38.3 Å². The molecule has 1 atom stereocenters. The lowest BCUT2D eigenvalue weighted by atomic mass is 10.1. The molecule has 1 aliphatic heterocycles. The zero-order valence-corrected chi connectivity index (χ0v) is 9.21. The van der Waals surface area contributed by atoms with Crippen LogP contribution in [0.2, 0.25) is 0 Å². The molecule has 0 amide bonds. The normalized spacial score (nSPS) is 22.4. The second-order valence-electron chi connectivity index (χ2n) is 4.35. The fourth-order valence-electron chi connectivity index (χ4n) is 1.55. The van der Waals surface area contributed by atoms with Crippen LogP contribution < -0.4 is 5.32 Å². The maximum atomic E-state index is 11.5. The van der Waals surface area contributed by atoms with Crippen molar-refractivity contribution in [1.82, 2.24) is 5.32 Å². The van der Waals surface area contributed by atoms with E-state index in [1.165, 1.54) is 6.42 Å². The molecule has 0 spiro atoms. The first-order chi connectivity index (χ1) is 6.70. The van der Waals surface area contributed by atoms with Gasteiger partial charge in [-0.25, -0.2) is 0 Å². The Hall–Kier alpha value is -0.570. The van der Waals surface area contributed by atoms with Gasteiger partial charge >= 0.3 is 5.97 Å². The smallest absolute Gasteiger partial charge is 0.323 e. The Balaban J connectivity index is 2.13. The predicted molar refractivity (Wildman–Crippen MR) is 56.1 cm³/mol. The monoisotopic (exact) mass is 199 g/mol. The molecule has 82 valence electrons. The molecule has 1 fully saturated rings. The molecule has 0 aliphatic carbocycles. The number of hydrogen-bond donors (Lipinski definition) is 1. The Morgan fingerprint density at radius 3 is 2.86 bits per heavy atom. The van der Waals surface area contributed by atoms with E-state index < -0.39 is 0 Å². The summed E-state index contributed by atoms with van der Waals surface area (Å²) in [7, 11) is 0. The number of rotatable bonds is 4. The number of carbonyl (C=O) groups is 1. The third-order valence-corrected chi connectivity index (χ3v) is 2.53. The maximum Gasteiger partial charge on any atom is 0.323 e. The van der Waals surface area contributed by atoms with E-state index in [0.29, 0.717) is 12.5 Å². The van der Waals surface area contributed by atoms with Crippen molar-refractivity contribution in [2.45, 2.75) is 45.6 Å². The zero-order valence-electron chi connectivity index (χ0n) is 9.21. The standard InChI is InChI=1S/C11H21NO2/c1-9(2)6-8-14-11(13)10-5-3-4-7-12-10/h9-10,12H,3-8H2,1-2H3/t10-/m1/s1. The van der Waals surface area contributed by atoms with E-state index in [-0.39, 0.29) is 12.0 Å². The van der Waals surface area contributed by atoms with Crippen molar-refractivity contribution in [2.75, 3.05) is 13.2 Å². The van der Waals surface area contributed by atoms with Gasteiger partial charge in [-0.05, 0) is 31.7 Å². The number of hydrogen-bond acceptors (Lipinski definition) is 3. The number of carbonyl (C=O) groups excluding carboxylic acids is 1. The van der Waals surface area contributed by atoms with Gasteiger partial charge in [0.15, 0.2) is 0 Å². The van der Waals surface area contributed by atoms with E-state index >= 15 is 0 Å². The second kappa shape index (κ2) is 6.02. The molecule has 0 saturated carbocycles. The van der Waals surface area contributed by atoms with Crippen LogP contribution in [-0.2, 0) is 9.53 Å². The first kappa shape index (κ1) is 11.5. The van der Waals surface area contributed by atoms with E-state index in [1.54, 1.807) is 0 Å². The molecule has 14 heavy (non-hydrogen) atoms. The Morgan fingerprint density at radius 2 is 2.29 bits per heavy atom. The molecule has 0 radical (unpaired) electrons. The van der Waals surface area contributed by atoms with Crippen molar-refractivity contribution < 1.29 is 9.53 Å². The van der Waals surface area contributed by atoms with Gasteiger partial charge in [0.2, 0.25) is 0 Å². The van der Waals surface area contributed by atoms with Crippen molar-refractivity contribution in [1.29, 1.82) is 0 Å². The summed E-state index contributed by atoms with van der Waals surface area (Å²) in [5, 5.41) is 3.18. The van der Waals surface area contributed by atoms with Crippen LogP contribution in [-0.4, -0.2) is 25.2 Å². The third-order valence-electron chi connectivity index (χ3n) is 2.53. The number of nitrogens with one attached hydrogen (secondary N) is 1. The molecular weight excluding hydrogens is 178 g/mol. The van der Waals surface area contributed by atoms with Gasteiger partial charge in [0, 0.05) is 0 Å². The molecular formula is C11H21NO2. The summed E-state index contributed by atoms with van der Waals surface area (Å²) >= 11 is 0. The summed E-state index contributed by atoms with van der Waals surface area (Å²) in [5.41, 5.74) is 0. The summed E-state index contributed by atoms with van der Waals surface area (Å²) in [6, 6.07) is -0.0455. The molecule has 1 aliphatic rings. The van der Waals surface area contributed by atoms with Gasteiger partial charge in [-0.2, -0.15) is 0 Å². The highest BCUT2D eigenvalue weighted by atomic mass is 16.5. The van der Waals surface area contributed by atoms with Crippen LogP contribution in [0.1, 0.15) is 39.5 Å². The fourth-order valence-corrected chi connectivity index (χ4v) is 1.55. The average Bonchev–Trinajstić information content (AvgIpc) is 2.18. The summed E-state index contributed by atoms with van der Waals surface area (Å²) in [5.74, 6) is 0.535. The molecule has 0 aromatic carbocycles. The molecule has 0 aromatic heterocycles. The van der Waals surface area contributed by atoms with Gasteiger partial charge < -0.3 is 10.1 Å². The number of esters is 1. The minimum Gasteiger partial charge on any atom is -0.465 e. The summed E-state index contributed by atoms with van der Waals surface area (Å²) in [6.45, 7) is 5.78. The molecule has 3 heteroatoms. The van der Waals surface area contributed by atoms with Crippen LogP contribution in [0, 0.1) is 5.92 Å². The molecule has 0 aromatic rings. The SMILES string of the molecule is CC(C)CCOC(=O)[C@H]1CCCCN1. The summed E-state index contributed by atoms with van der Waals surface area (Å²) in [6.07, 6.45) is 4.20. The van der Waals surface area contributed by atoms with E-state index in [1.807, 2.05) is 0 Å². The fraction of sp³-hybridized carbons (Fsp3) is 0.909. The molecule has 1 rings (SSSR count). The lowest BCUT2D eigenvalue weighted by molar-refractivity contribution is -0.147. The Morgan fingerprint density at radius 1 is 1.50 bits per heavy atom. The highest BCUT2D eigenvalue weighted by Gasteiger charge is 2.21. The van der Waals surface area contributed by atoms with Gasteiger partial charge in [0.1, 0.15) is 6.04 Å². The largest absolute Gasteiger partial charge is 0.465 e. The van der Waals surface area contributed by atoms with Crippen molar-refractivity contribution in [3.63, 3.8) is 0 Å². The Bertz CT molecular complexity index is 174. The van der Waals surface area contributed by atoms with Crippen molar-refractivity contribution in [2.24, 2.45) is 5.92 Å². The minimum absolute atomic E-state index is 0.0455. The van der Waals surface area contributed by atoms with Crippen LogP contribution in [0.3, 0.4) is 0 Å². The average molecular weight is 199 g/mol. The quantitative estimate of drug-likeness (QED) is 0.701. The van der Waals surface area contributed by atoms with E-state index in [2.05, 4.69) is 19.2 Å². The number of piperidine rings is 1. The number of ether oxygens (including phenoxy) is 1. The van der Waals surface area contributed by atoms with Gasteiger partial charge in [-0.3, -0.25) is 4.79 Å². The lowest BCUT2D eigenvalue weighted by Gasteiger charge is -2.21. The Labute approximate surface area is 86.2 Å². The summed E-state index contributed by atoms with van der Waals surface area (Å²) < 4.78 is 5.19. The second-order valence-corrected chi connectivity index (χ2v) is 4.35. The molecule has 1 saturated heterocycles. The minimum atomic E-state index is -0.0645. The zero-order chi connectivity index (χ0) is 10.4. The van der Waals surface area contributed by atoms with Crippen LogP contribution >= 0.6 is 0 Å². The lowest BCUT2D eigenvalue weighted by Crippen LogP contribution is -2.41. The first-order valence-electron chi connectivity index (χ1n) is 5.60.